The Kier molecular flexibility index (Phi) is 5.19. The number of rotatable bonds is 5. The van der Waals surface area contributed by atoms with E-state index in [2.05, 4.69) is 26.1 Å². The minimum atomic E-state index is -0.398. The number of hydrogen-bond acceptors (Lipinski definition) is 4. The number of anilines is 1. The summed E-state index contributed by atoms with van der Waals surface area (Å²) in [7, 11) is 3.27. The number of amides is 1. The van der Waals surface area contributed by atoms with Crippen LogP contribution in [0.25, 0.3) is 11.3 Å². The number of hydrogen-bond donors (Lipinski definition) is 1. The van der Waals surface area contributed by atoms with Crippen molar-refractivity contribution in [2.45, 2.75) is 6.04 Å². The van der Waals surface area contributed by atoms with Crippen LogP contribution in [0, 0.1) is 0 Å². The van der Waals surface area contributed by atoms with Gasteiger partial charge in [0.15, 0.2) is 0 Å². The van der Waals surface area contributed by atoms with Crippen LogP contribution < -0.4 is 14.4 Å². The molecule has 0 unspecified atom stereocenters. The first-order valence-corrected chi connectivity index (χ1v) is 10.9. The van der Waals surface area contributed by atoms with Crippen molar-refractivity contribution < 1.29 is 14.3 Å². The van der Waals surface area contributed by atoms with E-state index in [-0.39, 0.29) is 5.91 Å². The van der Waals surface area contributed by atoms with Gasteiger partial charge in [-0.05, 0) is 54.6 Å². The molecule has 7 heteroatoms. The maximum absolute atomic E-state index is 13.6. The molecular formula is C25H20BrN3O3. The predicted octanol–water partition coefficient (Wildman–Crippen LogP) is 5.61. The normalized spacial score (nSPS) is 15.0. The van der Waals surface area contributed by atoms with Crippen molar-refractivity contribution in [3.05, 3.63) is 94.1 Å². The molecule has 3 aromatic carbocycles. The highest BCUT2D eigenvalue weighted by molar-refractivity contribution is 9.10. The maximum atomic E-state index is 13.6. The van der Waals surface area contributed by atoms with Crippen LogP contribution in [0.5, 0.6) is 11.5 Å². The van der Waals surface area contributed by atoms with Gasteiger partial charge in [0, 0.05) is 26.9 Å². The standard InChI is InChI=1S/C25H20BrN3O3/c1-31-18-13-7-15(8-14-18)22-21-23(28-27-22)25(30)29(17-11-9-16(26)10-12-17)24(21)19-5-3-4-6-20(19)32-2/h3-14,24H,1-2H3,(H,27,28)/t24-/m1/s1. The highest BCUT2D eigenvalue weighted by Gasteiger charge is 2.44. The quantitative estimate of drug-likeness (QED) is 0.395. The molecule has 32 heavy (non-hydrogen) atoms. The van der Waals surface area contributed by atoms with Crippen LogP contribution in [0.15, 0.2) is 77.3 Å². The zero-order valence-corrected chi connectivity index (χ0v) is 19.1. The minimum Gasteiger partial charge on any atom is -0.497 e. The first kappa shape index (κ1) is 20.3. The van der Waals surface area contributed by atoms with Gasteiger partial charge in [-0.2, -0.15) is 5.10 Å². The average molecular weight is 490 g/mol. The molecule has 0 fully saturated rings. The van der Waals surface area contributed by atoms with E-state index < -0.39 is 6.04 Å². The van der Waals surface area contributed by atoms with Crippen molar-refractivity contribution in [1.82, 2.24) is 10.2 Å². The molecule has 1 amide bonds. The summed E-state index contributed by atoms with van der Waals surface area (Å²) in [5.41, 5.74) is 4.61. The Hall–Kier alpha value is -3.58. The number of aromatic nitrogens is 2. The third-order valence-corrected chi connectivity index (χ3v) is 6.20. The SMILES string of the molecule is COc1ccc(-c2n[nH]c3c2[C@@H](c2ccccc2OC)N(c2ccc(Br)cc2)C3=O)cc1. The molecule has 0 saturated heterocycles. The second-order valence-electron chi connectivity index (χ2n) is 7.39. The monoisotopic (exact) mass is 489 g/mol. The number of fused-ring (bicyclic) bond motifs is 1. The lowest BCUT2D eigenvalue weighted by molar-refractivity contribution is 0.0988. The summed E-state index contributed by atoms with van der Waals surface area (Å²) in [6.45, 7) is 0. The molecule has 1 aliphatic rings. The number of H-pyrrole nitrogens is 1. The molecule has 0 bridgehead atoms. The zero-order valence-electron chi connectivity index (χ0n) is 17.5. The number of carbonyl (C=O) groups excluding carboxylic acids is 1. The first-order chi connectivity index (χ1) is 15.6. The van der Waals surface area contributed by atoms with Crippen LogP contribution in [0.1, 0.15) is 27.7 Å². The fraction of sp³-hybridized carbons (Fsp3) is 0.120. The Morgan fingerprint density at radius 1 is 0.938 bits per heavy atom. The Labute approximate surface area is 193 Å². The van der Waals surface area contributed by atoms with Crippen LogP contribution in [0.4, 0.5) is 5.69 Å². The Morgan fingerprint density at radius 2 is 1.66 bits per heavy atom. The third kappa shape index (κ3) is 3.26. The van der Waals surface area contributed by atoms with Gasteiger partial charge in [-0.15, -0.1) is 0 Å². The molecule has 1 atom stereocenters. The van der Waals surface area contributed by atoms with E-state index >= 15 is 0 Å². The molecule has 1 N–H and O–H groups in total. The number of halogens is 1. The number of carbonyl (C=O) groups is 1. The second-order valence-corrected chi connectivity index (χ2v) is 8.30. The molecule has 0 saturated carbocycles. The molecule has 4 aromatic rings. The lowest BCUT2D eigenvalue weighted by Gasteiger charge is -2.27. The van der Waals surface area contributed by atoms with Crippen molar-refractivity contribution in [1.29, 1.82) is 0 Å². The zero-order chi connectivity index (χ0) is 22.2. The summed E-state index contributed by atoms with van der Waals surface area (Å²) in [6, 6.07) is 22.7. The van der Waals surface area contributed by atoms with Crippen molar-refractivity contribution in [3.63, 3.8) is 0 Å². The van der Waals surface area contributed by atoms with Gasteiger partial charge in [-0.1, -0.05) is 34.1 Å². The minimum absolute atomic E-state index is 0.134. The topological polar surface area (TPSA) is 67.5 Å². The van der Waals surface area contributed by atoms with Gasteiger partial charge in [-0.25, -0.2) is 0 Å². The molecule has 6 nitrogen and oxygen atoms in total. The number of benzene rings is 3. The molecular weight excluding hydrogens is 470 g/mol. The van der Waals surface area contributed by atoms with Crippen LogP contribution in [0.2, 0.25) is 0 Å². The van der Waals surface area contributed by atoms with Gasteiger partial charge < -0.3 is 9.47 Å². The van der Waals surface area contributed by atoms with E-state index in [0.717, 1.165) is 38.3 Å². The van der Waals surface area contributed by atoms with Gasteiger partial charge in [0.2, 0.25) is 0 Å². The highest BCUT2D eigenvalue weighted by atomic mass is 79.9. The van der Waals surface area contributed by atoms with Crippen LogP contribution in [-0.4, -0.2) is 30.3 Å². The van der Waals surface area contributed by atoms with Crippen LogP contribution in [-0.2, 0) is 0 Å². The summed E-state index contributed by atoms with van der Waals surface area (Å²) in [5, 5.41) is 7.51. The maximum Gasteiger partial charge on any atom is 0.277 e. The number of nitrogens with zero attached hydrogens (tertiary/aromatic N) is 2. The smallest absolute Gasteiger partial charge is 0.277 e. The first-order valence-electron chi connectivity index (χ1n) is 10.1. The van der Waals surface area contributed by atoms with E-state index in [1.807, 2.05) is 72.8 Å². The van der Waals surface area contributed by atoms with Gasteiger partial charge in [0.25, 0.3) is 5.91 Å². The number of ether oxygens (including phenoxy) is 2. The molecule has 0 radical (unpaired) electrons. The summed E-state index contributed by atoms with van der Waals surface area (Å²) in [6.07, 6.45) is 0. The molecule has 0 aliphatic carbocycles. The average Bonchev–Trinajstić information content (AvgIpc) is 3.39. The lowest BCUT2D eigenvalue weighted by Crippen LogP contribution is -2.29. The molecule has 1 aromatic heterocycles. The third-order valence-electron chi connectivity index (χ3n) is 5.67. The van der Waals surface area contributed by atoms with E-state index in [9.17, 15) is 4.79 Å². The van der Waals surface area contributed by atoms with E-state index in [4.69, 9.17) is 9.47 Å². The number of aromatic amines is 1. The van der Waals surface area contributed by atoms with Gasteiger partial charge in [0.05, 0.1) is 26.0 Å². The van der Waals surface area contributed by atoms with Gasteiger partial charge in [0.1, 0.15) is 17.2 Å². The number of para-hydroxylation sites is 1. The fourth-order valence-corrected chi connectivity index (χ4v) is 4.43. The van der Waals surface area contributed by atoms with E-state index in [1.165, 1.54) is 0 Å². The van der Waals surface area contributed by atoms with E-state index in [1.54, 1.807) is 19.1 Å². The summed E-state index contributed by atoms with van der Waals surface area (Å²) in [4.78, 5) is 15.4. The summed E-state index contributed by atoms with van der Waals surface area (Å²) < 4.78 is 11.9. The fourth-order valence-electron chi connectivity index (χ4n) is 4.17. The Balaban J connectivity index is 1.72. The summed E-state index contributed by atoms with van der Waals surface area (Å²) in [5.74, 6) is 1.34. The molecule has 1 aliphatic heterocycles. The molecule has 2 heterocycles. The predicted molar refractivity (Wildman–Crippen MR) is 126 cm³/mol. The second kappa shape index (κ2) is 8.16. The van der Waals surface area contributed by atoms with Gasteiger partial charge in [-0.3, -0.25) is 14.8 Å². The van der Waals surface area contributed by atoms with Crippen molar-refractivity contribution in [2.24, 2.45) is 0 Å². The van der Waals surface area contributed by atoms with Crippen molar-refractivity contribution >= 4 is 27.5 Å². The van der Waals surface area contributed by atoms with Crippen molar-refractivity contribution in [2.75, 3.05) is 19.1 Å². The number of nitrogens with one attached hydrogen (secondary N) is 1. The van der Waals surface area contributed by atoms with Gasteiger partial charge >= 0.3 is 0 Å². The number of methoxy groups -OCH3 is 2. The van der Waals surface area contributed by atoms with Crippen LogP contribution in [0.3, 0.4) is 0 Å². The Bertz CT molecular complexity index is 1280. The molecule has 160 valence electrons. The summed E-state index contributed by atoms with van der Waals surface area (Å²) >= 11 is 3.48. The van der Waals surface area contributed by atoms with E-state index in [0.29, 0.717) is 11.4 Å². The largest absolute Gasteiger partial charge is 0.497 e. The molecule has 0 spiro atoms. The van der Waals surface area contributed by atoms with Crippen molar-refractivity contribution in [3.8, 4) is 22.8 Å². The Morgan fingerprint density at radius 3 is 2.34 bits per heavy atom. The molecule has 5 rings (SSSR count). The van der Waals surface area contributed by atoms with Crippen LogP contribution >= 0.6 is 15.9 Å². The highest BCUT2D eigenvalue weighted by Crippen LogP contribution is 2.47. The lowest BCUT2D eigenvalue weighted by atomic mass is 9.95.